The third-order valence-electron chi connectivity index (χ3n) is 3.97. The van der Waals surface area contributed by atoms with E-state index in [1.54, 1.807) is 6.07 Å². The molecular formula is C16H12ClFO4S. The van der Waals surface area contributed by atoms with E-state index >= 15 is 0 Å². The number of carboxylic acids is 1. The highest BCUT2D eigenvalue weighted by Crippen LogP contribution is 2.54. The zero-order valence-electron chi connectivity index (χ0n) is 11.7. The molecule has 0 amide bonds. The molecule has 2 aromatic carbocycles. The van der Waals surface area contributed by atoms with E-state index in [0.717, 1.165) is 0 Å². The van der Waals surface area contributed by atoms with E-state index in [2.05, 4.69) is 0 Å². The van der Waals surface area contributed by atoms with Gasteiger partial charge in [-0.25, -0.2) is 12.8 Å². The predicted molar refractivity (Wildman–Crippen MR) is 82.7 cm³/mol. The normalized spacial score (nSPS) is 23.5. The molecule has 1 fully saturated rings. The Morgan fingerprint density at radius 1 is 1.13 bits per heavy atom. The van der Waals surface area contributed by atoms with E-state index in [4.69, 9.17) is 11.6 Å². The average Bonchev–Trinajstić information content (AvgIpc) is 3.24. The number of aliphatic carboxylic acids is 1. The molecule has 23 heavy (non-hydrogen) atoms. The van der Waals surface area contributed by atoms with Crippen LogP contribution in [0.4, 0.5) is 4.39 Å². The molecule has 1 aliphatic rings. The van der Waals surface area contributed by atoms with Crippen molar-refractivity contribution in [3.05, 3.63) is 64.9 Å². The molecule has 1 saturated carbocycles. The van der Waals surface area contributed by atoms with Gasteiger partial charge in [0.2, 0.25) is 0 Å². The van der Waals surface area contributed by atoms with Gasteiger partial charge in [0.25, 0.3) is 0 Å². The van der Waals surface area contributed by atoms with Crippen molar-refractivity contribution in [3.8, 4) is 0 Å². The first-order chi connectivity index (χ1) is 10.8. The number of benzene rings is 2. The Balaban J connectivity index is 2.00. The van der Waals surface area contributed by atoms with Gasteiger partial charge in [-0.1, -0.05) is 23.7 Å². The van der Waals surface area contributed by atoms with Crippen LogP contribution in [0.15, 0.2) is 53.4 Å². The number of hydrogen-bond acceptors (Lipinski definition) is 3. The largest absolute Gasteiger partial charge is 0.481 e. The number of sulfone groups is 1. The number of hydrogen-bond donors (Lipinski definition) is 1. The van der Waals surface area contributed by atoms with Crippen LogP contribution in [0, 0.1) is 11.7 Å². The second-order valence-corrected chi connectivity index (χ2v) is 7.95. The number of rotatable bonds is 4. The van der Waals surface area contributed by atoms with Crippen LogP contribution in [0.3, 0.4) is 0 Å². The van der Waals surface area contributed by atoms with E-state index in [1.807, 2.05) is 0 Å². The second-order valence-electron chi connectivity index (χ2n) is 5.41. The summed E-state index contributed by atoms with van der Waals surface area (Å²) in [6.45, 7) is 0. The van der Waals surface area contributed by atoms with Crippen molar-refractivity contribution in [3.63, 3.8) is 0 Å². The third kappa shape index (κ3) is 2.84. The Kier molecular flexibility index (Phi) is 3.90. The Bertz CT molecular complexity index is 864. The standard InChI is InChI=1S/C16H12ClFO4S/c17-10-4-6-12(7-5-10)23(21,22)15-13(14(15)16(19)20)9-2-1-3-11(18)8-9/h1-8,13-15H,(H,19,20)/t13-,14+,15+/m0/s1. The summed E-state index contributed by atoms with van der Waals surface area (Å²) in [5.41, 5.74) is 0.375. The fourth-order valence-electron chi connectivity index (χ4n) is 2.86. The fraction of sp³-hybridized carbons (Fsp3) is 0.188. The first kappa shape index (κ1) is 16.0. The zero-order valence-corrected chi connectivity index (χ0v) is 13.3. The van der Waals surface area contributed by atoms with Gasteiger partial charge in [0.1, 0.15) is 5.82 Å². The molecule has 0 bridgehead atoms. The molecule has 0 aliphatic heterocycles. The lowest BCUT2D eigenvalue weighted by atomic mass is 10.1. The summed E-state index contributed by atoms with van der Waals surface area (Å²) in [5.74, 6) is -3.58. The summed E-state index contributed by atoms with van der Waals surface area (Å²) in [7, 11) is -3.85. The molecule has 0 saturated heterocycles. The summed E-state index contributed by atoms with van der Waals surface area (Å²) < 4.78 is 38.7. The smallest absolute Gasteiger partial charge is 0.308 e. The number of carboxylic acid groups (broad SMARTS) is 1. The molecule has 1 N–H and O–H groups in total. The Hall–Kier alpha value is -1.92. The van der Waals surface area contributed by atoms with Crippen LogP contribution in [-0.4, -0.2) is 24.7 Å². The predicted octanol–water partition coefficient (Wildman–Crippen LogP) is 3.12. The Morgan fingerprint density at radius 3 is 2.35 bits per heavy atom. The fourth-order valence-corrected chi connectivity index (χ4v) is 5.10. The van der Waals surface area contributed by atoms with Gasteiger partial charge in [0.15, 0.2) is 9.84 Å². The van der Waals surface area contributed by atoms with Crippen molar-refractivity contribution in [2.45, 2.75) is 16.1 Å². The van der Waals surface area contributed by atoms with Crippen molar-refractivity contribution < 1.29 is 22.7 Å². The summed E-state index contributed by atoms with van der Waals surface area (Å²) >= 11 is 5.75. The van der Waals surface area contributed by atoms with Gasteiger partial charge < -0.3 is 5.11 Å². The minimum Gasteiger partial charge on any atom is -0.481 e. The van der Waals surface area contributed by atoms with Gasteiger partial charge in [0.05, 0.1) is 16.1 Å². The topological polar surface area (TPSA) is 71.4 Å². The lowest BCUT2D eigenvalue weighted by molar-refractivity contribution is -0.138. The molecule has 2 aromatic rings. The molecule has 1 aliphatic carbocycles. The van der Waals surface area contributed by atoms with Gasteiger partial charge in [-0.15, -0.1) is 0 Å². The lowest BCUT2D eigenvalue weighted by Crippen LogP contribution is -2.13. The summed E-state index contributed by atoms with van der Waals surface area (Å²) in [6.07, 6.45) is 0. The maximum Gasteiger partial charge on any atom is 0.308 e. The quantitative estimate of drug-likeness (QED) is 0.915. The summed E-state index contributed by atoms with van der Waals surface area (Å²) in [4.78, 5) is 11.4. The van der Waals surface area contributed by atoms with E-state index in [9.17, 15) is 22.7 Å². The maximum atomic E-state index is 13.4. The number of halogens is 2. The zero-order chi connectivity index (χ0) is 16.8. The molecule has 4 nitrogen and oxygen atoms in total. The van der Waals surface area contributed by atoms with Gasteiger partial charge in [0, 0.05) is 10.9 Å². The monoisotopic (exact) mass is 354 g/mol. The van der Waals surface area contributed by atoms with E-state index < -0.39 is 38.7 Å². The van der Waals surface area contributed by atoms with Gasteiger partial charge in [-0.05, 0) is 42.0 Å². The second kappa shape index (κ2) is 5.62. The van der Waals surface area contributed by atoms with Crippen molar-refractivity contribution in [2.75, 3.05) is 0 Å². The maximum absolute atomic E-state index is 13.4. The number of carbonyl (C=O) groups is 1. The summed E-state index contributed by atoms with van der Waals surface area (Å²) in [6, 6.07) is 10.9. The molecule has 0 heterocycles. The van der Waals surface area contributed by atoms with Crippen LogP contribution in [0.5, 0.6) is 0 Å². The molecule has 0 radical (unpaired) electrons. The van der Waals surface area contributed by atoms with Crippen LogP contribution in [0.1, 0.15) is 11.5 Å². The highest BCUT2D eigenvalue weighted by Gasteiger charge is 2.63. The van der Waals surface area contributed by atoms with Crippen molar-refractivity contribution in [1.82, 2.24) is 0 Å². The Labute approximate surface area is 137 Å². The van der Waals surface area contributed by atoms with Crippen molar-refractivity contribution >= 4 is 27.4 Å². The van der Waals surface area contributed by atoms with E-state index in [-0.39, 0.29) is 4.90 Å². The van der Waals surface area contributed by atoms with Crippen LogP contribution < -0.4 is 0 Å². The molecule has 3 atom stereocenters. The van der Waals surface area contributed by atoms with Crippen molar-refractivity contribution in [2.24, 2.45) is 5.92 Å². The van der Waals surface area contributed by atoms with Crippen LogP contribution in [0.2, 0.25) is 5.02 Å². The minimum atomic E-state index is -3.85. The third-order valence-corrected chi connectivity index (χ3v) is 6.46. The first-order valence-electron chi connectivity index (χ1n) is 6.80. The molecule has 0 unspecified atom stereocenters. The molecule has 0 spiro atoms. The minimum absolute atomic E-state index is 0.0112. The van der Waals surface area contributed by atoms with Crippen LogP contribution >= 0.6 is 11.6 Å². The summed E-state index contributed by atoms with van der Waals surface area (Å²) in [5, 5.41) is 8.58. The lowest BCUT2D eigenvalue weighted by Gasteiger charge is -2.04. The highest BCUT2D eigenvalue weighted by molar-refractivity contribution is 7.92. The molecule has 0 aromatic heterocycles. The van der Waals surface area contributed by atoms with Crippen LogP contribution in [-0.2, 0) is 14.6 Å². The highest BCUT2D eigenvalue weighted by atomic mass is 35.5. The van der Waals surface area contributed by atoms with Crippen molar-refractivity contribution in [1.29, 1.82) is 0 Å². The van der Waals surface area contributed by atoms with Gasteiger partial charge in [-0.2, -0.15) is 0 Å². The van der Waals surface area contributed by atoms with Gasteiger partial charge in [-0.3, -0.25) is 4.79 Å². The first-order valence-corrected chi connectivity index (χ1v) is 8.72. The van der Waals surface area contributed by atoms with E-state index in [0.29, 0.717) is 10.6 Å². The molecule has 7 heteroatoms. The molecular weight excluding hydrogens is 343 g/mol. The van der Waals surface area contributed by atoms with Crippen LogP contribution in [0.25, 0.3) is 0 Å². The molecule has 3 rings (SSSR count). The SMILES string of the molecule is O=C(O)[C@@H]1[C@H](c2cccc(F)c2)[C@H]1S(=O)(=O)c1ccc(Cl)cc1. The Morgan fingerprint density at radius 2 is 1.78 bits per heavy atom. The molecule has 120 valence electrons. The van der Waals surface area contributed by atoms with E-state index in [1.165, 1.54) is 42.5 Å². The average molecular weight is 355 g/mol. The van der Waals surface area contributed by atoms with Gasteiger partial charge >= 0.3 is 5.97 Å².